The van der Waals surface area contributed by atoms with Gasteiger partial charge in [-0.3, -0.25) is 9.97 Å². The molecule has 5 nitrogen and oxygen atoms in total. The van der Waals surface area contributed by atoms with Gasteiger partial charge in [-0.15, -0.1) is 0 Å². The van der Waals surface area contributed by atoms with Gasteiger partial charge in [-0.05, 0) is 72.9 Å². The Labute approximate surface area is 194 Å². The molecule has 154 valence electrons. The van der Waals surface area contributed by atoms with Crippen LogP contribution in [-0.2, 0) is 6.54 Å². The quantitative estimate of drug-likeness (QED) is 0.387. The zero-order chi connectivity index (χ0) is 21.2. The molecule has 1 N–H and O–H groups in total. The van der Waals surface area contributed by atoms with Crippen LogP contribution >= 0.6 is 28.1 Å². The van der Waals surface area contributed by atoms with Crippen molar-refractivity contribution in [1.82, 2.24) is 19.9 Å². The van der Waals surface area contributed by atoms with Crippen molar-refractivity contribution in [3.8, 4) is 0 Å². The van der Waals surface area contributed by atoms with Crippen LogP contribution in [0.1, 0.15) is 29.2 Å². The summed E-state index contributed by atoms with van der Waals surface area (Å²) < 4.78 is 3.27. The number of nitrogens with zero attached hydrogens (tertiary/aromatic N) is 4. The molecule has 0 radical (unpaired) electrons. The Kier molecular flexibility index (Phi) is 5.53. The van der Waals surface area contributed by atoms with Crippen molar-refractivity contribution < 1.29 is 0 Å². The van der Waals surface area contributed by atoms with Crippen molar-refractivity contribution in [2.24, 2.45) is 0 Å². The second kappa shape index (κ2) is 8.61. The van der Waals surface area contributed by atoms with Gasteiger partial charge < -0.3 is 14.8 Å². The van der Waals surface area contributed by atoms with Gasteiger partial charge in [0.15, 0.2) is 5.11 Å². The third-order valence-electron chi connectivity index (χ3n) is 5.43. The van der Waals surface area contributed by atoms with Gasteiger partial charge in [0.05, 0.1) is 24.0 Å². The van der Waals surface area contributed by atoms with Crippen molar-refractivity contribution in [3.05, 3.63) is 113 Å². The summed E-state index contributed by atoms with van der Waals surface area (Å²) >= 11 is 9.34. The Morgan fingerprint density at radius 3 is 2.39 bits per heavy atom. The highest BCUT2D eigenvalue weighted by Gasteiger charge is 2.42. The van der Waals surface area contributed by atoms with Crippen LogP contribution in [-0.4, -0.2) is 19.6 Å². The molecule has 0 saturated carbocycles. The maximum Gasteiger partial charge on any atom is 0.174 e. The smallest absolute Gasteiger partial charge is 0.174 e. The highest BCUT2D eigenvalue weighted by Crippen LogP contribution is 2.41. The fraction of sp³-hybridized carbons (Fsp3) is 0.125. The lowest BCUT2D eigenvalue weighted by Gasteiger charge is -2.29. The van der Waals surface area contributed by atoms with Gasteiger partial charge in [-0.1, -0.05) is 28.1 Å². The van der Waals surface area contributed by atoms with Gasteiger partial charge in [0.2, 0.25) is 0 Å². The van der Waals surface area contributed by atoms with Crippen LogP contribution in [0, 0.1) is 0 Å². The molecule has 0 bridgehead atoms. The fourth-order valence-electron chi connectivity index (χ4n) is 4.04. The van der Waals surface area contributed by atoms with Crippen molar-refractivity contribution in [1.29, 1.82) is 0 Å². The summed E-state index contributed by atoms with van der Waals surface area (Å²) in [7, 11) is 0. The zero-order valence-corrected chi connectivity index (χ0v) is 19.0. The molecule has 7 heteroatoms. The van der Waals surface area contributed by atoms with Crippen molar-refractivity contribution in [2.75, 3.05) is 4.90 Å². The monoisotopic (exact) mass is 489 g/mol. The van der Waals surface area contributed by atoms with E-state index in [9.17, 15) is 0 Å². The van der Waals surface area contributed by atoms with E-state index in [1.165, 1.54) is 0 Å². The van der Waals surface area contributed by atoms with Crippen LogP contribution in [0.15, 0.2) is 95.9 Å². The number of nitrogens with one attached hydrogen (secondary N) is 1. The first-order chi connectivity index (χ1) is 15.2. The number of aromatic nitrogens is 3. The number of anilines is 1. The van der Waals surface area contributed by atoms with E-state index >= 15 is 0 Å². The molecule has 1 aromatic carbocycles. The van der Waals surface area contributed by atoms with E-state index in [0.717, 1.165) is 27.2 Å². The molecule has 3 aromatic heterocycles. The number of pyridine rings is 2. The Bertz CT molecular complexity index is 1180. The van der Waals surface area contributed by atoms with Crippen LogP contribution in [0.4, 0.5) is 5.69 Å². The van der Waals surface area contributed by atoms with Crippen molar-refractivity contribution >= 4 is 38.9 Å². The van der Waals surface area contributed by atoms with Crippen LogP contribution in [0.3, 0.4) is 0 Å². The molecule has 1 aliphatic rings. The van der Waals surface area contributed by atoms with Crippen molar-refractivity contribution in [3.63, 3.8) is 0 Å². The van der Waals surface area contributed by atoms with Crippen LogP contribution in [0.25, 0.3) is 0 Å². The molecule has 0 amide bonds. The lowest BCUT2D eigenvalue weighted by molar-refractivity contribution is 0.532. The van der Waals surface area contributed by atoms with E-state index in [-0.39, 0.29) is 12.1 Å². The molecule has 1 fully saturated rings. The number of hydrogen-bond donors (Lipinski definition) is 1. The first-order valence-electron chi connectivity index (χ1n) is 10.0. The van der Waals surface area contributed by atoms with Gasteiger partial charge in [-0.2, -0.15) is 0 Å². The Morgan fingerprint density at radius 1 is 0.903 bits per heavy atom. The second-order valence-corrected chi connectivity index (χ2v) is 8.66. The third-order valence-corrected chi connectivity index (χ3v) is 6.27. The molecule has 0 spiro atoms. The first-order valence-corrected chi connectivity index (χ1v) is 11.2. The molecule has 1 saturated heterocycles. The van der Waals surface area contributed by atoms with Crippen molar-refractivity contribution in [2.45, 2.75) is 18.6 Å². The molecule has 4 aromatic rings. The minimum Gasteiger partial charge on any atom is -0.351 e. The number of rotatable bonds is 5. The third kappa shape index (κ3) is 3.98. The number of thiocarbonyl (C=S) groups is 1. The molecule has 1 aliphatic heterocycles. The van der Waals surface area contributed by atoms with Gasteiger partial charge >= 0.3 is 0 Å². The lowest BCUT2D eigenvalue weighted by atomic mass is 10.0. The normalized spacial score (nSPS) is 18.2. The summed E-state index contributed by atoms with van der Waals surface area (Å²) in [6.45, 7) is 0.690. The SMILES string of the molecule is S=C1N[C@@H](c2ccccn2)[C@@H](c2cccn2Cc2ccccn2)N1c1ccc(Br)cc1. The minimum absolute atomic E-state index is 0.0534. The zero-order valence-electron chi connectivity index (χ0n) is 16.6. The molecule has 31 heavy (non-hydrogen) atoms. The largest absolute Gasteiger partial charge is 0.351 e. The molecule has 5 rings (SSSR count). The van der Waals surface area contributed by atoms with E-state index in [2.05, 4.69) is 71.1 Å². The van der Waals surface area contributed by atoms with Crippen LogP contribution in [0.5, 0.6) is 0 Å². The van der Waals surface area contributed by atoms with E-state index < -0.39 is 0 Å². The summed E-state index contributed by atoms with van der Waals surface area (Å²) in [5.74, 6) is 0. The highest BCUT2D eigenvalue weighted by atomic mass is 79.9. The fourth-order valence-corrected chi connectivity index (χ4v) is 4.65. The number of hydrogen-bond acceptors (Lipinski definition) is 3. The topological polar surface area (TPSA) is 46.0 Å². The summed E-state index contributed by atoms with van der Waals surface area (Å²) in [5, 5.41) is 4.21. The predicted molar refractivity (Wildman–Crippen MR) is 130 cm³/mol. The van der Waals surface area contributed by atoms with Gasteiger partial charge in [0.25, 0.3) is 0 Å². The minimum atomic E-state index is -0.0743. The molecule has 4 heterocycles. The standard InChI is InChI=1S/C24H20BrN5S/c25-17-9-11-19(12-10-17)30-23(22(28-24(30)31)20-7-2-4-14-27-20)21-8-5-15-29(21)16-18-6-1-3-13-26-18/h1-15,22-23H,16H2,(H,28,31)/t22-,23+/m0/s1. The number of benzene rings is 1. The van der Waals surface area contributed by atoms with Gasteiger partial charge in [0, 0.05) is 34.4 Å². The maximum atomic E-state index is 5.81. The average molecular weight is 490 g/mol. The second-order valence-electron chi connectivity index (χ2n) is 7.36. The van der Waals surface area contributed by atoms with Gasteiger partial charge in [0.1, 0.15) is 6.04 Å². The summed E-state index contributed by atoms with van der Waals surface area (Å²) in [6, 6.07) is 24.3. The average Bonchev–Trinajstić information content (AvgIpc) is 3.39. The molecule has 2 atom stereocenters. The summed E-state index contributed by atoms with van der Waals surface area (Å²) in [6.07, 6.45) is 5.75. The Hall–Kier alpha value is -3.03. The Balaban J connectivity index is 1.60. The Morgan fingerprint density at radius 2 is 1.68 bits per heavy atom. The van der Waals surface area contributed by atoms with Gasteiger partial charge in [-0.25, -0.2) is 0 Å². The molecule has 0 unspecified atom stereocenters. The number of halogens is 1. The van der Waals surface area contributed by atoms with Crippen LogP contribution < -0.4 is 10.2 Å². The molecular weight excluding hydrogens is 470 g/mol. The molecule has 0 aliphatic carbocycles. The van der Waals surface area contributed by atoms with E-state index in [0.29, 0.717) is 11.7 Å². The summed E-state index contributed by atoms with van der Waals surface area (Å²) in [5.41, 5.74) is 4.16. The molecular formula is C24H20BrN5S. The van der Waals surface area contributed by atoms with E-state index in [1.807, 2.05) is 60.9 Å². The first kappa shape index (κ1) is 19.9. The van der Waals surface area contributed by atoms with E-state index in [1.54, 1.807) is 0 Å². The maximum absolute atomic E-state index is 5.81. The lowest BCUT2D eigenvalue weighted by Crippen LogP contribution is -2.30. The predicted octanol–water partition coefficient (Wildman–Crippen LogP) is 5.27. The van der Waals surface area contributed by atoms with Crippen LogP contribution in [0.2, 0.25) is 0 Å². The summed E-state index contributed by atoms with van der Waals surface area (Å²) in [4.78, 5) is 11.3. The van der Waals surface area contributed by atoms with E-state index in [4.69, 9.17) is 12.2 Å². The highest BCUT2D eigenvalue weighted by molar-refractivity contribution is 9.10.